The van der Waals surface area contributed by atoms with Gasteiger partial charge in [0, 0.05) is 67.6 Å². The first-order chi connectivity index (χ1) is 24.2. The van der Waals surface area contributed by atoms with Crippen molar-refractivity contribution in [2.75, 3.05) is 36.5 Å². The second kappa shape index (κ2) is 12.8. The first-order valence-electron chi connectivity index (χ1n) is 17.4. The highest BCUT2D eigenvalue weighted by Gasteiger charge is 2.36. The van der Waals surface area contributed by atoms with Crippen molar-refractivity contribution in [2.24, 2.45) is 7.05 Å². The van der Waals surface area contributed by atoms with E-state index in [9.17, 15) is 14.7 Å². The molecule has 5 aromatic rings. The van der Waals surface area contributed by atoms with Crippen molar-refractivity contribution in [3.63, 3.8) is 0 Å². The Labute approximate surface area is 289 Å². The van der Waals surface area contributed by atoms with Crippen molar-refractivity contribution in [3.05, 3.63) is 105 Å². The van der Waals surface area contributed by atoms with Crippen molar-refractivity contribution < 1.29 is 14.2 Å². The van der Waals surface area contributed by atoms with Gasteiger partial charge in [0.1, 0.15) is 22.8 Å². The van der Waals surface area contributed by atoms with Crippen LogP contribution in [0.2, 0.25) is 0 Å². The molecule has 11 nitrogen and oxygen atoms in total. The quantitative estimate of drug-likeness (QED) is 0.261. The van der Waals surface area contributed by atoms with Crippen LogP contribution in [0.4, 0.5) is 21.6 Å². The molecule has 2 aliphatic heterocycles. The molecule has 8 rings (SSSR count). The third kappa shape index (κ3) is 5.61. The number of nitrogens with one attached hydrogen (secondary N) is 1. The summed E-state index contributed by atoms with van der Waals surface area (Å²) in [6.07, 6.45) is 10.9. The van der Waals surface area contributed by atoms with Crippen molar-refractivity contribution >= 4 is 22.7 Å². The Hall–Kier alpha value is -4.78. The van der Waals surface area contributed by atoms with Crippen LogP contribution in [0, 0.1) is 5.82 Å². The number of hydrogen-bond acceptors (Lipinski definition) is 8. The van der Waals surface area contributed by atoms with Crippen LogP contribution in [-0.4, -0.2) is 73.0 Å². The number of piperazine rings is 1. The van der Waals surface area contributed by atoms with E-state index in [1.165, 1.54) is 26.8 Å². The average molecular weight is 680 g/mol. The van der Waals surface area contributed by atoms with Crippen LogP contribution in [-0.2, 0) is 31.2 Å². The van der Waals surface area contributed by atoms with E-state index >= 15 is 4.39 Å². The molecule has 0 bridgehead atoms. The molecule has 0 saturated carbocycles. The molecule has 2 fully saturated rings. The summed E-state index contributed by atoms with van der Waals surface area (Å²) >= 11 is 0. The standard InChI is InChI=1S/C38H42FN7O4/c1-23-18-46(29-21-50-22-29)24(2)17-45(23)28-8-9-36(40-16-28)41-32-12-26(19-42(3)37(32)48)30-14-27(39)15-34(31(30)20-47)44-11-10-43-33-7-5-4-6-25(33)13-35(43)38(44)49/h8-16,19,23-24,29,47H,4-7,17-18,20-22H2,1-3H3,(H,40,41)/t23-,24?/m0/s1. The predicted octanol–water partition coefficient (Wildman–Crippen LogP) is 4.40. The molecule has 3 aliphatic rings. The van der Waals surface area contributed by atoms with E-state index in [0.717, 1.165) is 63.4 Å². The number of nitrogens with zero attached hydrogens (tertiary/aromatic N) is 6. The summed E-state index contributed by atoms with van der Waals surface area (Å²) < 4.78 is 25.6. The van der Waals surface area contributed by atoms with Gasteiger partial charge in [-0.3, -0.25) is 19.1 Å². The molecule has 6 heterocycles. The summed E-state index contributed by atoms with van der Waals surface area (Å²) in [7, 11) is 1.62. The van der Waals surface area contributed by atoms with Gasteiger partial charge in [0.15, 0.2) is 0 Å². The number of benzene rings is 1. The number of aromatic nitrogens is 4. The number of halogens is 1. The van der Waals surface area contributed by atoms with E-state index in [1.807, 2.05) is 35.0 Å². The number of aryl methyl sites for hydroxylation is 3. The smallest absolute Gasteiger partial charge is 0.279 e. The number of pyridine rings is 2. The second-order valence-corrected chi connectivity index (χ2v) is 14.0. The molecule has 4 aromatic heterocycles. The summed E-state index contributed by atoms with van der Waals surface area (Å²) in [5.41, 5.74) is 5.02. The van der Waals surface area contributed by atoms with Gasteiger partial charge in [-0.1, -0.05) is 0 Å². The highest BCUT2D eigenvalue weighted by molar-refractivity contribution is 5.75. The Morgan fingerprint density at radius 1 is 1.00 bits per heavy atom. The molecule has 2 N–H and O–H groups in total. The number of aliphatic hydroxyl groups excluding tert-OH is 1. The normalized spacial score (nSPS) is 19.8. The zero-order valence-electron chi connectivity index (χ0n) is 28.6. The average Bonchev–Trinajstić information content (AvgIpc) is 3.47. The lowest BCUT2D eigenvalue weighted by Gasteiger charge is -2.50. The summed E-state index contributed by atoms with van der Waals surface area (Å²) in [6, 6.07) is 11.2. The predicted molar refractivity (Wildman–Crippen MR) is 191 cm³/mol. The first kappa shape index (κ1) is 32.4. The maximum Gasteiger partial charge on any atom is 0.279 e. The van der Waals surface area contributed by atoms with Gasteiger partial charge >= 0.3 is 0 Å². The zero-order chi connectivity index (χ0) is 34.7. The minimum absolute atomic E-state index is 0.246. The third-order valence-electron chi connectivity index (χ3n) is 10.7. The van der Waals surface area contributed by atoms with Gasteiger partial charge in [-0.2, -0.15) is 0 Å². The topological polar surface area (TPSA) is 109 Å². The van der Waals surface area contributed by atoms with Crippen molar-refractivity contribution in [1.29, 1.82) is 0 Å². The Balaban J connectivity index is 1.10. The number of hydrogen-bond donors (Lipinski definition) is 2. The van der Waals surface area contributed by atoms with Crippen molar-refractivity contribution in [1.82, 2.24) is 23.4 Å². The Kier molecular flexibility index (Phi) is 8.32. The first-order valence-corrected chi connectivity index (χ1v) is 17.4. The number of rotatable bonds is 7. The van der Waals surface area contributed by atoms with Crippen LogP contribution in [0.1, 0.15) is 43.5 Å². The SMILES string of the molecule is CC1CN(c2ccc(Nc3cc(-c4cc(F)cc(-n5ccn6c7c(cc6c5=O)CCCC7)c4CO)cn(C)c3=O)nc2)[C@@H](C)CN1C1COC1. The van der Waals surface area contributed by atoms with Gasteiger partial charge in [0.05, 0.1) is 43.4 Å². The lowest BCUT2D eigenvalue weighted by atomic mass is 9.98. The molecule has 50 heavy (non-hydrogen) atoms. The van der Waals surface area contributed by atoms with E-state index in [2.05, 4.69) is 33.9 Å². The van der Waals surface area contributed by atoms with Crippen LogP contribution in [0.3, 0.4) is 0 Å². The molecule has 2 saturated heterocycles. The maximum absolute atomic E-state index is 15.4. The van der Waals surface area contributed by atoms with Gasteiger partial charge in [-0.05, 0) is 87.1 Å². The minimum Gasteiger partial charge on any atom is -0.392 e. The fourth-order valence-corrected chi connectivity index (χ4v) is 7.99. The molecule has 0 amide bonds. The highest BCUT2D eigenvalue weighted by atomic mass is 19.1. The number of anilines is 3. The number of fused-ring (bicyclic) bond motifs is 3. The van der Waals surface area contributed by atoms with Gasteiger partial charge < -0.3 is 29.0 Å². The molecule has 0 spiro atoms. The second-order valence-electron chi connectivity index (χ2n) is 14.0. The van der Waals surface area contributed by atoms with E-state index < -0.39 is 12.4 Å². The van der Waals surface area contributed by atoms with Crippen LogP contribution >= 0.6 is 0 Å². The molecule has 1 aromatic carbocycles. The molecule has 1 aliphatic carbocycles. The van der Waals surface area contributed by atoms with Gasteiger partial charge in [-0.25, -0.2) is 9.37 Å². The van der Waals surface area contributed by atoms with Gasteiger partial charge in [0.25, 0.3) is 11.1 Å². The van der Waals surface area contributed by atoms with Crippen LogP contribution in [0.25, 0.3) is 22.3 Å². The Bertz CT molecular complexity index is 2200. The molecular formula is C38H42FN7O4. The largest absolute Gasteiger partial charge is 0.392 e. The number of aliphatic hydroxyl groups is 1. The monoisotopic (exact) mass is 679 g/mol. The summed E-state index contributed by atoms with van der Waals surface area (Å²) in [4.78, 5) is 36.7. The zero-order valence-corrected chi connectivity index (χ0v) is 28.6. The Morgan fingerprint density at radius 2 is 1.82 bits per heavy atom. The van der Waals surface area contributed by atoms with Crippen LogP contribution < -0.4 is 21.3 Å². The molecule has 2 atom stereocenters. The summed E-state index contributed by atoms with van der Waals surface area (Å²) in [5.74, 6) is -0.0781. The van der Waals surface area contributed by atoms with Gasteiger partial charge in [-0.15, -0.1) is 0 Å². The van der Waals surface area contributed by atoms with Crippen LogP contribution in [0.15, 0.2) is 70.8 Å². The molecule has 0 radical (unpaired) electrons. The van der Waals surface area contributed by atoms with E-state index in [1.54, 1.807) is 25.5 Å². The van der Waals surface area contributed by atoms with Crippen molar-refractivity contribution in [3.8, 4) is 16.8 Å². The van der Waals surface area contributed by atoms with E-state index in [0.29, 0.717) is 46.2 Å². The summed E-state index contributed by atoms with van der Waals surface area (Å²) in [5, 5.41) is 13.8. The lowest BCUT2D eigenvalue weighted by molar-refractivity contribution is -0.0828. The van der Waals surface area contributed by atoms with Crippen molar-refractivity contribution in [2.45, 2.75) is 64.3 Å². The molecule has 260 valence electrons. The lowest BCUT2D eigenvalue weighted by Crippen LogP contribution is -2.63. The maximum atomic E-state index is 15.4. The van der Waals surface area contributed by atoms with Gasteiger partial charge in [0.2, 0.25) is 0 Å². The fourth-order valence-electron chi connectivity index (χ4n) is 7.99. The molecular weight excluding hydrogens is 637 g/mol. The minimum atomic E-state index is -0.570. The molecule has 12 heteroatoms. The third-order valence-corrected chi connectivity index (χ3v) is 10.7. The molecule has 1 unspecified atom stereocenters. The number of ether oxygens (including phenoxy) is 1. The van der Waals surface area contributed by atoms with E-state index in [-0.39, 0.29) is 22.5 Å². The summed E-state index contributed by atoms with van der Waals surface area (Å²) in [6.45, 7) is 7.45. The Morgan fingerprint density at radius 3 is 2.56 bits per heavy atom. The van der Waals surface area contributed by atoms with Crippen LogP contribution in [0.5, 0.6) is 0 Å². The highest BCUT2D eigenvalue weighted by Crippen LogP contribution is 2.32. The van der Waals surface area contributed by atoms with E-state index in [4.69, 9.17) is 4.74 Å². The fraction of sp³-hybridized carbons (Fsp3) is 0.395.